The number of nitrogens with zero attached hydrogens (tertiary/aromatic N) is 3. The molecule has 1 aromatic carbocycles. The van der Waals surface area contributed by atoms with Gasteiger partial charge in [-0.1, -0.05) is 22.9 Å². The van der Waals surface area contributed by atoms with E-state index in [4.69, 9.17) is 11.6 Å². The molecule has 16 heavy (non-hydrogen) atoms. The molecule has 0 aliphatic rings. The maximum absolute atomic E-state index is 12.9. The van der Waals surface area contributed by atoms with Gasteiger partial charge in [0.25, 0.3) is 0 Å². The van der Waals surface area contributed by atoms with Crippen LogP contribution in [-0.4, -0.2) is 20.6 Å². The van der Waals surface area contributed by atoms with Gasteiger partial charge in [0.15, 0.2) is 5.82 Å². The van der Waals surface area contributed by atoms with Crippen LogP contribution in [0.4, 0.5) is 4.39 Å². The van der Waals surface area contributed by atoms with E-state index in [-0.39, 0.29) is 5.02 Å². The summed E-state index contributed by atoms with van der Waals surface area (Å²) in [4.78, 5) is 0. The van der Waals surface area contributed by atoms with Crippen molar-refractivity contribution in [2.24, 2.45) is 0 Å². The number of tetrazole rings is 1. The summed E-state index contributed by atoms with van der Waals surface area (Å²) < 4.78 is 12.9. The Labute approximate surface area is 96.0 Å². The third-order valence-electron chi connectivity index (χ3n) is 1.99. The highest BCUT2D eigenvalue weighted by molar-refractivity contribution is 6.30. The minimum Gasteiger partial charge on any atom is -0.306 e. The van der Waals surface area contributed by atoms with Crippen molar-refractivity contribution >= 4 is 11.6 Å². The second-order valence-electron chi connectivity index (χ2n) is 3.18. The molecule has 0 atom stereocenters. The van der Waals surface area contributed by atoms with Gasteiger partial charge in [0, 0.05) is 6.54 Å². The van der Waals surface area contributed by atoms with Gasteiger partial charge in [-0.25, -0.2) is 4.39 Å². The van der Waals surface area contributed by atoms with Crippen molar-refractivity contribution in [1.82, 2.24) is 25.9 Å². The molecule has 84 valence electrons. The van der Waals surface area contributed by atoms with E-state index in [0.717, 1.165) is 5.56 Å². The second kappa shape index (κ2) is 5.00. The second-order valence-corrected chi connectivity index (χ2v) is 3.59. The third kappa shape index (κ3) is 2.74. The molecule has 0 unspecified atom stereocenters. The number of halogens is 2. The summed E-state index contributed by atoms with van der Waals surface area (Å²) in [6.45, 7) is 1.06. The Hall–Kier alpha value is -1.53. The van der Waals surface area contributed by atoms with Gasteiger partial charge in [-0.15, -0.1) is 10.2 Å². The Morgan fingerprint density at radius 2 is 2.25 bits per heavy atom. The fourth-order valence-electron chi connectivity index (χ4n) is 1.23. The highest BCUT2D eigenvalue weighted by Gasteiger charge is 2.01. The summed E-state index contributed by atoms with van der Waals surface area (Å²) in [6, 6.07) is 4.60. The maximum atomic E-state index is 12.9. The van der Waals surface area contributed by atoms with Crippen LogP contribution >= 0.6 is 11.6 Å². The molecular formula is C9H9ClFN5. The zero-order valence-corrected chi connectivity index (χ0v) is 9.00. The minimum atomic E-state index is -0.413. The molecule has 1 heterocycles. The van der Waals surface area contributed by atoms with Crippen LogP contribution in [0, 0.1) is 5.82 Å². The van der Waals surface area contributed by atoms with Crippen molar-refractivity contribution < 1.29 is 4.39 Å². The Morgan fingerprint density at radius 3 is 2.94 bits per heavy atom. The molecule has 0 spiro atoms. The highest BCUT2D eigenvalue weighted by Crippen LogP contribution is 2.15. The van der Waals surface area contributed by atoms with E-state index >= 15 is 0 Å². The summed E-state index contributed by atoms with van der Waals surface area (Å²) in [6.07, 6.45) is 0. The number of aromatic amines is 1. The normalized spacial score (nSPS) is 10.6. The first-order valence-corrected chi connectivity index (χ1v) is 5.00. The van der Waals surface area contributed by atoms with Crippen LogP contribution in [0.15, 0.2) is 18.2 Å². The summed E-state index contributed by atoms with van der Waals surface area (Å²) in [5.74, 6) is 0.164. The Kier molecular flexibility index (Phi) is 3.43. The van der Waals surface area contributed by atoms with Crippen molar-refractivity contribution in [3.63, 3.8) is 0 Å². The number of H-pyrrole nitrogens is 1. The zero-order valence-electron chi connectivity index (χ0n) is 8.24. The highest BCUT2D eigenvalue weighted by atomic mass is 35.5. The van der Waals surface area contributed by atoms with Crippen LogP contribution in [0.1, 0.15) is 11.4 Å². The van der Waals surface area contributed by atoms with Crippen molar-refractivity contribution in [3.8, 4) is 0 Å². The minimum absolute atomic E-state index is 0.124. The number of rotatable bonds is 4. The smallest absolute Gasteiger partial charge is 0.188 e. The third-order valence-corrected chi connectivity index (χ3v) is 2.28. The average Bonchev–Trinajstić information content (AvgIpc) is 2.76. The summed E-state index contributed by atoms with van der Waals surface area (Å²) in [7, 11) is 0. The van der Waals surface area contributed by atoms with Crippen LogP contribution in [0.3, 0.4) is 0 Å². The fourth-order valence-corrected chi connectivity index (χ4v) is 1.43. The van der Waals surface area contributed by atoms with Gasteiger partial charge >= 0.3 is 0 Å². The zero-order chi connectivity index (χ0) is 11.4. The lowest BCUT2D eigenvalue weighted by Crippen LogP contribution is -2.13. The molecule has 0 saturated heterocycles. The van der Waals surface area contributed by atoms with E-state index in [1.807, 2.05) is 0 Å². The quantitative estimate of drug-likeness (QED) is 0.846. The van der Waals surface area contributed by atoms with E-state index in [0.29, 0.717) is 18.9 Å². The molecule has 0 radical (unpaired) electrons. The number of hydrogen-bond acceptors (Lipinski definition) is 4. The molecule has 0 fully saturated rings. The van der Waals surface area contributed by atoms with Crippen molar-refractivity contribution in [2.75, 3.05) is 0 Å². The van der Waals surface area contributed by atoms with Gasteiger partial charge in [-0.3, -0.25) is 0 Å². The summed E-state index contributed by atoms with van der Waals surface area (Å²) >= 11 is 5.65. The van der Waals surface area contributed by atoms with Gasteiger partial charge in [-0.2, -0.15) is 5.21 Å². The van der Waals surface area contributed by atoms with Crippen LogP contribution in [0.5, 0.6) is 0 Å². The number of benzene rings is 1. The van der Waals surface area contributed by atoms with Crippen LogP contribution < -0.4 is 5.32 Å². The first kappa shape index (κ1) is 11.0. The summed E-state index contributed by atoms with van der Waals surface area (Å²) in [5.41, 5.74) is 0.898. The van der Waals surface area contributed by atoms with Gasteiger partial charge in [-0.05, 0) is 17.7 Å². The molecule has 2 aromatic rings. The van der Waals surface area contributed by atoms with E-state index in [1.165, 1.54) is 6.07 Å². The van der Waals surface area contributed by atoms with Gasteiger partial charge in [0.05, 0.1) is 11.6 Å². The lowest BCUT2D eigenvalue weighted by Gasteiger charge is -2.03. The standard InChI is InChI=1S/C9H9ClFN5/c10-7-3-6(1-2-8(7)11)4-12-5-9-13-15-16-14-9/h1-3,12H,4-5H2,(H,13,14,15,16). The number of hydrogen-bond donors (Lipinski definition) is 2. The SMILES string of the molecule is Fc1ccc(CNCc2nn[nH]n2)cc1Cl. The van der Waals surface area contributed by atoms with Crippen LogP contribution in [-0.2, 0) is 13.1 Å². The number of aromatic nitrogens is 4. The van der Waals surface area contributed by atoms with Crippen molar-refractivity contribution in [3.05, 3.63) is 40.4 Å². The lowest BCUT2D eigenvalue weighted by atomic mass is 10.2. The van der Waals surface area contributed by atoms with Crippen LogP contribution in [0.2, 0.25) is 5.02 Å². The largest absolute Gasteiger partial charge is 0.306 e. The molecule has 5 nitrogen and oxygen atoms in total. The molecule has 1 aromatic heterocycles. The Bertz CT molecular complexity index is 459. The van der Waals surface area contributed by atoms with Gasteiger partial charge in [0.2, 0.25) is 0 Å². The molecular weight excluding hydrogens is 233 g/mol. The molecule has 0 saturated carbocycles. The first-order chi connectivity index (χ1) is 7.75. The van der Waals surface area contributed by atoms with Crippen LogP contribution in [0.25, 0.3) is 0 Å². The predicted octanol–water partition coefficient (Wildman–Crippen LogP) is 1.28. The molecule has 0 aliphatic heterocycles. The summed E-state index contributed by atoms with van der Waals surface area (Å²) in [5, 5.41) is 16.6. The first-order valence-electron chi connectivity index (χ1n) is 4.62. The Balaban J connectivity index is 1.87. The average molecular weight is 242 g/mol. The Morgan fingerprint density at radius 1 is 1.38 bits per heavy atom. The molecule has 2 rings (SSSR count). The van der Waals surface area contributed by atoms with E-state index in [2.05, 4.69) is 25.9 Å². The topological polar surface area (TPSA) is 66.5 Å². The molecule has 2 N–H and O–H groups in total. The molecule has 0 aliphatic carbocycles. The van der Waals surface area contributed by atoms with E-state index < -0.39 is 5.82 Å². The fraction of sp³-hybridized carbons (Fsp3) is 0.222. The van der Waals surface area contributed by atoms with Gasteiger partial charge < -0.3 is 5.32 Å². The predicted molar refractivity (Wildman–Crippen MR) is 56.1 cm³/mol. The number of nitrogens with one attached hydrogen (secondary N) is 2. The monoisotopic (exact) mass is 241 g/mol. The lowest BCUT2D eigenvalue weighted by molar-refractivity contribution is 0.624. The van der Waals surface area contributed by atoms with E-state index in [9.17, 15) is 4.39 Å². The molecule has 0 amide bonds. The molecule has 0 bridgehead atoms. The van der Waals surface area contributed by atoms with Crippen molar-refractivity contribution in [1.29, 1.82) is 0 Å². The maximum Gasteiger partial charge on any atom is 0.188 e. The van der Waals surface area contributed by atoms with Crippen molar-refractivity contribution in [2.45, 2.75) is 13.1 Å². The van der Waals surface area contributed by atoms with E-state index in [1.54, 1.807) is 12.1 Å². The van der Waals surface area contributed by atoms with Gasteiger partial charge in [0.1, 0.15) is 5.82 Å². The molecule has 7 heteroatoms.